The molecule has 0 amide bonds. The van der Waals surface area contributed by atoms with Crippen LogP contribution in [-0.2, 0) is 4.74 Å². The van der Waals surface area contributed by atoms with E-state index in [0.717, 1.165) is 41.5 Å². The lowest BCUT2D eigenvalue weighted by atomic mass is 10.1. The molecule has 2 atom stereocenters. The zero-order valence-corrected chi connectivity index (χ0v) is 16.7. The van der Waals surface area contributed by atoms with Gasteiger partial charge < -0.3 is 19.2 Å². The van der Waals surface area contributed by atoms with E-state index >= 15 is 0 Å². The van der Waals surface area contributed by atoms with Crippen LogP contribution in [0.4, 0.5) is 5.69 Å². The minimum Gasteiger partial charge on any atom is -0.488 e. The standard InChI is InChI=1S/C22H23ClN2O3/c1-14-21(16-3-5-17(23)6-4-16)28-22(25-14)15(2)24-18-7-9-19(10-8-18)27-20-11-12-26-13-20/h3-10,15,20,24H,11-13H2,1-2H3/t15-,20+/m0/s1. The highest BCUT2D eigenvalue weighted by molar-refractivity contribution is 6.30. The quantitative estimate of drug-likeness (QED) is 0.581. The van der Waals surface area contributed by atoms with Crippen molar-refractivity contribution >= 4 is 17.3 Å². The van der Waals surface area contributed by atoms with Crippen LogP contribution < -0.4 is 10.1 Å². The van der Waals surface area contributed by atoms with Crippen molar-refractivity contribution in [1.29, 1.82) is 0 Å². The molecule has 2 heterocycles. The molecule has 28 heavy (non-hydrogen) atoms. The molecule has 0 radical (unpaired) electrons. The molecular weight excluding hydrogens is 376 g/mol. The minimum atomic E-state index is -0.0743. The summed E-state index contributed by atoms with van der Waals surface area (Å²) in [6, 6.07) is 15.4. The first kappa shape index (κ1) is 18.8. The lowest BCUT2D eigenvalue weighted by Gasteiger charge is -2.14. The molecule has 1 aromatic heterocycles. The molecule has 0 unspecified atom stereocenters. The summed E-state index contributed by atoms with van der Waals surface area (Å²) in [5, 5.41) is 4.12. The minimum absolute atomic E-state index is 0.0743. The summed E-state index contributed by atoms with van der Waals surface area (Å²) in [6.07, 6.45) is 1.09. The Kier molecular flexibility index (Phi) is 5.55. The Balaban J connectivity index is 1.42. The van der Waals surface area contributed by atoms with Gasteiger partial charge in [-0.1, -0.05) is 11.6 Å². The van der Waals surface area contributed by atoms with Crippen LogP contribution in [0.2, 0.25) is 5.02 Å². The van der Waals surface area contributed by atoms with Gasteiger partial charge in [-0.25, -0.2) is 4.98 Å². The van der Waals surface area contributed by atoms with Crippen LogP contribution in [0.5, 0.6) is 5.75 Å². The van der Waals surface area contributed by atoms with Crippen LogP contribution in [0.1, 0.15) is 31.0 Å². The highest BCUT2D eigenvalue weighted by atomic mass is 35.5. The van der Waals surface area contributed by atoms with Crippen molar-refractivity contribution in [3.8, 4) is 17.1 Å². The zero-order valence-electron chi connectivity index (χ0n) is 15.9. The molecule has 4 rings (SSSR count). The van der Waals surface area contributed by atoms with E-state index in [2.05, 4.69) is 10.3 Å². The van der Waals surface area contributed by atoms with E-state index in [1.54, 1.807) is 0 Å². The molecule has 5 nitrogen and oxygen atoms in total. The molecule has 0 spiro atoms. The highest BCUT2D eigenvalue weighted by Crippen LogP contribution is 2.29. The maximum absolute atomic E-state index is 6.03. The number of nitrogens with zero attached hydrogens (tertiary/aromatic N) is 1. The predicted molar refractivity (Wildman–Crippen MR) is 110 cm³/mol. The zero-order chi connectivity index (χ0) is 19.5. The molecule has 0 aliphatic carbocycles. The van der Waals surface area contributed by atoms with Crippen molar-refractivity contribution in [2.45, 2.75) is 32.4 Å². The van der Waals surface area contributed by atoms with Crippen LogP contribution in [0.25, 0.3) is 11.3 Å². The number of hydrogen-bond acceptors (Lipinski definition) is 5. The highest BCUT2D eigenvalue weighted by Gasteiger charge is 2.18. The number of halogens is 1. The van der Waals surface area contributed by atoms with E-state index in [-0.39, 0.29) is 12.1 Å². The van der Waals surface area contributed by atoms with Crippen molar-refractivity contribution in [3.63, 3.8) is 0 Å². The Morgan fingerprint density at radius 2 is 1.89 bits per heavy atom. The Labute approximate surface area is 169 Å². The second-order valence-corrected chi connectivity index (χ2v) is 7.40. The van der Waals surface area contributed by atoms with Gasteiger partial charge in [-0.3, -0.25) is 0 Å². The molecule has 1 N–H and O–H groups in total. The maximum Gasteiger partial charge on any atom is 0.217 e. The van der Waals surface area contributed by atoms with E-state index in [9.17, 15) is 0 Å². The van der Waals surface area contributed by atoms with Gasteiger partial charge in [0.15, 0.2) is 5.76 Å². The number of ether oxygens (including phenoxy) is 2. The second-order valence-electron chi connectivity index (χ2n) is 6.97. The topological polar surface area (TPSA) is 56.5 Å². The summed E-state index contributed by atoms with van der Waals surface area (Å²) in [6.45, 7) is 5.41. The Bertz CT molecular complexity index is 916. The van der Waals surface area contributed by atoms with Gasteiger partial charge in [-0.05, 0) is 62.4 Å². The molecule has 146 valence electrons. The van der Waals surface area contributed by atoms with Gasteiger partial charge in [0.25, 0.3) is 0 Å². The molecular formula is C22H23ClN2O3. The van der Waals surface area contributed by atoms with E-state index in [0.29, 0.717) is 17.5 Å². The van der Waals surface area contributed by atoms with Crippen LogP contribution in [0, 0.1) is 6.92 Å². The first-order valence-corrected chi connectivity index (χ1v) is 9.80. The number of benzene rings is 2. The fourth-order valence-electron chi connectivity index (χ4n) is 3.21. The fraction of sp³-hybridized carbons (Fsp3) is 0.318. The smallest absolute Gasteiger partial charge is 0.217 e. The van der Waals surface area contributed by atoms with E-state index in [4.69, 9.17) is 25.5 Å². The maximum atomic E-state index is 6.03. The van der Waals surface area contributed by atoms with Crippen molar-refractivity contribution in [2.75, 3.05) is 18.5 Å². The Hall–Kier alpha value is -2.50. The summed E-state index contributed by atoms with van der Waals surface area (Å²) < 4.78 is 17.3. The fourth-order valence-corrected chi connectivity index (χ4v) is 3.34. The SMILES string of the molecule is Cc1nc([C@H](C)Nc2ccc(O[C@@H]3CCOC3)cc2)oc1-c1ccc(Cl)cc1. The number of anilines is 1. The summed E-state index contributed by atoms with van der Waals surface area (Å²) >= 11 is 5.97. The summed E-state index contributed by atoms with van der Waals surface area (Å²) in [7, 11) is 0. The molecule has 0 saturated carbocycles. The number of nitrogens with one attached hydrogen (secondary N) is 1. The lowest BCUT2D eigenvalue weighted by Crippen LogP contribution is -2.15. The Morgan fingerprint density at radius 3 is 2.57 bits per heavy atom. The van der Waals surface area contributed by atoms with Crippen LogP contribution in [0.15, 0.2) is 52.9 Å². The summed E-state index contributed by atoms with van der Waals surface area (Å²) in [4.78, 5) is 4.59. The first-order chi connectivity index (χ1) is 13.6. The van der Waals surface area contributed by atoms with Crippen molar-refractivity contribution in [3.05, 3.63) is 65.1 Å². The molecule has 1 fully saturated rings. The lowest BCUT2D eigenvalue weighted by molar-refractivity contribution is 0.141. The molecule has 2 aromatic carbocycles. The van der Waals surface area contributed by atoms with Crippen molar-refractivity contribution < 1.29 is 13.9 Å². The van der Waals surface area contributed by atoms with Gasteiger partial charge in [-0.2, -0.15) is 0 Å². The second kappa shape index (κ2) is 8.25. The number of aryl methyl sites for hydroxylation is 1. The van der Waals surface area contributed by atoms with Crippen molar-refractivity contribution in [1.82, 2.24) is 4.98 Å². The number of oxazole rings is 1. The number of hydrogen-bond donors (Lipinski definition) is 1. The summed E-state index contributed by atoms with van der Waals surface area (Å²) in [5.41, 5.74) is 2.80. The van der Waals surface area contributed by atoms with Crippen LogP contribution in [-0.4, -0.2) is 24.3 Å². The van der Waals surface area contributed by atoms with E-state index < -0.39 is 0 Å². The summed E-state index contributed by atoms with van der Waals surface area (Å²) in [5.74, 6) is 2.26. The Morgan fingerprint density at radius 1 is 1.14 bits per heavy atom. The third kappa shape index (κ3) is 4.32. The third-order valence-corrected chi connectivity index (χ3v) is 4.97. The largest absolute Gasteiger partial charge is 0.488 e. The molecule has 0 bridgehead atoms. The van der Waals surface area contributed by atoms with Gasteiger partial charge in [-0.15, -0.1) is 0 Å². The predicted octanol–water partition coefficient (Wildman–Crippen LogP) is 5.64. The van der Waals surface area contributed by atoms with Crippen LogP contribution in [0.3, 0.4) is 0 Å². The molecule has 1 aliphatic rings. The van der Waals surface area contributed by atoms with Gasteiger partial charge in [0.2, 0.25) is 5.89 Å². The van der Waals surface area contributed by atoms with Gasteiger partial charge in [0, 0.05) is 22.7 Å². The van der Waals surface area contributed by atoms with Crippen molar-refractivity contribution in [2.24, 2.45) is 0 Å². The first-order valence-electron chi connectivity index (χ1n) is 9.43. The van der Waals surface area contributed by atoms with Gasteiger partial charge in [0.1, 0.15) is 17.9 Å². The van der Waals surface area contributed by atoms with Gasteiger partial charge in [0.05, 0.1) is 18.9 Å². The molecule has 6 heteroatoms. The molecule has 1 aliphatic heterocycles. The normalized spacial score (nSPS) is 17.5. The third-order valence-electron chi connectivity index (χ3n) is 4.72. The molecule has 3 aromatic rings. The van der Waals surface area contributed by atoms with Crippen LogP contribution >= 0.6 is 11.6 Å². The average molecular weight is 399 g/mol. The molecule has 1 saturated heterocycles. The van der Waals surface area contributed by atoms with E-state index in [1.807, 2.05) is 62.4 Å². The average Bonchev–Trinajstić information content (AvgIpc) is 3.34. The number of rotatable bonds is 6. The van der Waals surface area contributed by atoms with E-state index in [1.165, 1.54) is 0 Å². The van der Waals surface area contributed by atoms with Gasteiger partial charge >= 0.3 is 0 Å². The monoisotopic (exact) mass is 398 g/mol. The number of aromatic nitrogens is 1.